The molecule has 6 nitrogen and oxygen atoms in total. The van der Waals surface area contributed by atoms with Gasteiger partial charge in [0.25, 0.3) is 0 Å². The Bertz CT molecular complexity index is 976. The molecule has 7 heteroatoms. The van der Waals surface area contributed by atoms with Crippen LogP contribution in [0.1, 0.15) is 11.6 Å². The van der Waals surface area contributed by atoms with Crippen molar-refractivity contribution >= 4 is 10.0 Å². The van der Waals surface area contributed by atoms with Crippen molar-refractivity contribution in [1.82, 2.24) is 19.3 Å². The summed E-state index contributed by atoms with van der Waals surface area (Å²) in [6, 6.07) is 15.3. The fourth-order valence-electron chi connectivity index (χ4n) is 2.99. The Balaban J connectivity index is 1.52. The molecule has 0 bridgehead atoms. The normalized spacial score (nSPS) is 15.9. The van der Waals surface area contributed by atoms with Crippen molar-refractivity contribution in [3.63, 3.8) is 0 Å². The fraction of sp³-hybridized carbons (Fsp3) is 0.222. The Morgan fingerprint density at radius 3 is 2.44 bits per heavy atom. The Labute approximate surface area is 146 Å². The molecule has 0 aliphatic carbocycles. The SMILES string of the molecule is Cc1cccc(-c2ccc(S(=O)(=O)N3CC(n4ccnn4)C3)cc2)c1. The highest BCUT2D eigenvalue weighted by Crippen LogP contribution is 2.29. The molecule has 1 aliphatic heterocycles. The summed E-state index contributed by atoms with van der Waals surface area (Å²) >= 11 is 0. The van der Waals surface area contributed by atoms with Crippen LogP contribution >= 0.6 is 0 Å². The van der Waals surface area contributed by atoms with Crippen molar-refractivity contribution in [3.8, 4) is 11.1 Å². The molecule has 1 aromatic heterocycles. The first kappa shape index (κ1) is 16.0. The van der Waals surface area contributed by atoms with Crippen LogP contribution in [0.15, 0.2) is 65.8 Å². The second-order valence-electron chi connectivity index (χ2n) is 6.25. The third-order valence-corrected chi connectivity index (χ3v) is 6.33. The molecular weight excluding hydrogens is 336 g/mol. The number of hydrogen-bond acceptors (Lipinski definition) is 4. The largest absolute Gasteiger partial charge is 0.247 e. The molecule has 1 fully saturated rings. The molecule has 25 heavy (non-hydrogen) atoms. The summed E-state index contributed by atoms with van der Waals surface area (Å²) in [5, 5.41) is 7.69. The first-order chi connectivity index (χ1) is 12.0. The predicted molar refractivity (Wildman–Crippen MR) is 94.4 cm³/mol. The van der Waals surface area contributed by atoms with E-state index in [0.29, 0.717) is 18.0 Å². The highest BCUT2D eigenvalue weighted by Gasteiger charge is 2.38. The quantitative estimate of drug-likeness (QED) is 0.722. The average Bonchev–Trinajstić information content (AvgIpc) is 3.07. The molecule has 0 spiro atoms. The second kappa shape index (κ2) is 6.09. The van der Waals surface area contributed by atoms with E-state index in [1.54, 1.807) is 29.2 Å². The standard InChI is InChI=1S/C18H18N4O2S/c1-14-3-2-4-16(11-14)15-5-7-18(8-6-15)25(23,24)21-12-17(13-21)22-10-9-19-20-22/h2-11,17H,12-13H2,1H3. The molecule has 2 aromatic carbocycles. The van der Waals surface area contributed by atoms with E-state index in [1.165, 1.54) is 9.87 Å². The van der Waals surface area contributed by atoms with E-state index in [9.17, 15) is 8.42 Å². The molecular formula is C18H18N4O2S. The topological polar surface area (TPSA) is 68.1 Å². The lowest BCUT2D eigenvalue weighted by Crippen LogP contribution is -2.50. The van der Waals surface area contributed by atoms with Crippen LogP contribution < -0.4 is 0 Å². The van der Waals surface area contributed by atoms with Gasteiger partial charge in [0.05, 0.1) is 17.1 Å². The number of nitrogens with zero attached hydrogens (tertiary/aromatic N) is 4. The number of rotatable bonds is 4. The van der Waals surface area contributed by atoms with Gasteiger partial charge in [0.15, 0.2) is 0 Å². The zero-order valence-corrected chi connectivity index (χ0v) is 14.6. The summed E-state index contributed by atoms with van der Waals surface area (Å²) in [5.74, 6) is 0. The maximum atomic E-state index is 12.7. The number of aromatic nitrogens is 3. The smallest absolute Gasteiger partial charge is 0.243 e. The lowest BCUT2D eigenvalue weighted by atomic mass is 10.0. The first-order valence-corrected chi connectivity index (χ1v) is 9.51. The number of benzene rings is 2. The third-order valence-electron chi connectivity index (χ3n) is 4.49. The summed E-state index contributed by atoms with van der Waals surface area (Å²) in [6.45, 7) is 2.88. The molecule has 1 aliphatic rings. The minimum atomic E-state index is -3.46. The number of aryl methyl sites for hydroxylation is 1. The van der Waals surface area contributed by atoms with E-state index in [1.807, 2.05) is 37.3 Å². The van der Waals surface area contributed by atoms with Crippen LogP contribution in [-0.4, -0.2) is 40.8 Å². The molecule has 2 heterocycles. The van der Waals surface area contributed by atoms with E-state index in [0.717, 1.165) is 11.1 Å². The van der Waals surface area contributed by atoms with E-state index in [2.05, 4.69) is 16.4 Å². The molecule has 128 valence electrons. The molecule has 1 saturated heterocycles. The number of hydrogen-bond donors (Lipinski definition) is 0. The van der Waals surface area contributed by atoms with E-state index < -0.39 is 10.0 Å². The Morgan fingerprint density at radius 2 is 1.80 bits per heavy atom. The van der Waals surface area contributed by atoms with Gasteiger partial charge in [0, 0.05) is 19.3 Å². The lowest BCUT2D eigenvalue weighted by Gasteiger charge is -2.37. The van der Waals surface area contributed by atoms with Gasteiger partial charge in [-0.05, 0) is 30.2 Å². The van der Waals surface area contributed by atoms with Crippen molar-refractivity contribution in [1.29, 1.82) is 0 Å². The van der Waals surface area contributed by atoms with Gasteiger partial charge >= 0.3 is 0 Å². The van der Waals surface area contributed by atoms with Gasteiger partial charge < -0.3 is 0 Å². The van der Waals surface area contributed by atoms with Gasteiger partial charge in [-0.1, -0.05) is 47.2 Å². The van der Waals surface area contributed by atoms with Gasteiger partial charge in [-0.3, -0.25) is 0 Å². The van der Waals surface area contributed by atoms with Crippen molar-refractivity contribution in [2.75, 3.05) is 13.1 Å². The summed E-state index contributed by atoms with van der Waals surface area (Å²) in [6.07, 6.45) is 3.35. The van der Waals surface area contributed by atoms with Gasteiger partial charge in [-0.25, -0.2) is 13.1 Å². The highest BCUT2D eigenvalue weighted by molar-refractivity contribution is 7.89. The maximum absolute atomic E-state index is 12.7. The predicted octanol–water partition coefficient (Wildman–Crippen LogP) is 2.50. The molecule has 0 radical (unpaired) electrons. The van der Waals surface area contributed by atoms with Crippen molar-refractivity contribution < 1.29 is 8.42 Å². The molecule has 0 N–H and O–H groups in total. The van der Waals surface area contributed by atoms with Gasteiger partial charge in [-0.15, -0.1) is 5.10 Å². The minimum Gasteiger partial charge on any atom is -0.247 e. The van der Waals surface area contributed by atoms with Crippen LogP contribution in [0.3, 0.4) is 0 Å². The van der Waals surface area contributed by atoms with Crippen LogP contribution in [0.5, 0.6) is 0 Å². The zero-order chi connectivity index (χ0) is 17.4. The molecule has 0 amide bonds. The Kier molecular flexibility index (Phi) is 3.89. The van der Waals surface area contributed by atoms with Crippen molar-refractivity contribution in [2.45, 2.75) is 17.9 Å². The van der Waals surface area contributed by atoms with Gasteiger partial charge in [-0.2, -0.15) is 4.31 Å². The minimum absolute atomic E-state index is 0.0591. The van der Waals surface area contributed by atoms with Crippen LogP contribution in [0.4, 0.5) is 0 Å². The molecule has 0 saturated carbocycles. The van der Waals surface area contributed by atoms with Crippen LogP contribution in [0.2, 0.25) is 0 Å². The first-order valence-electron chi connectivity index (χ1n) is 8.07. The van der Waals surface area contributed by atoms with Crippen molar-refractivity contribution in [3.05, 3.63) is 66.5 Å². The van der Waals surface area contributed by atoms with Crippen LogP contribution in [0.25, 0.3) is 11.1 Å². The highest BCUT2D eigenvalue weighted by atomic mass is 32.2. The summed E-state index contributed by atoms with van der Waals surface area (Å²) in [7, 11) is -3.46. The van der Waals surface area contributed by atoms with E-state index in [-0.39, 0.29) is 6.04 Å². The van der Waals surface area contributed by atoms with Crippen LogP contribution in [0, 0.1) is 6.92 Å². The zero-order valence-electron chi connectivity index (χ0n) is 13.8. The summed E-state index contributed by atoms with van der Waals surface area (Å²) in [5.41, 5.74) is 3.26. The van der Waals surface area contributed by atoms with E-state index in [4.69, 9.17) is 0 Å². The fourth-order valence-corrected chi connectivity index (χ4v) is 4.50. The average molecular weight is 354 g/mol. The second-order valence-corrected chi connectivity index (χ2v) is 8.19. The Morgan fingerprint density at radius 1 is 1.04 bits per heavy atom. The number of sulfonamides is 1. The Hall–Kier alpha value is -2.51. The molecule has 3 aromatic rings. The van der Waals surface area contributed by atoms with Crippen LogP contribution in [-0.2, 0) is 10.0 Å². The monoisotopic (exact) mass is 354 g/mol. The van der Waals surface area contributed by atoms with Gasteiger partial charge in [0.1, 0.15) is 0 Å². The summed E-state index contributed by atoms with van der Waals surface area (Å²) in [4.78, 5) is 0.320. The van der Waals surface area contributed by atoms with Gasteiger partial charge in [0.2, 0.25) is 10.0 Å². The molecule has 0 atom stereocenters. The maximum Gasteiger partial charge on any atom is 0.243 e. The lowest BCUT2D eigenvalue weighted by molar-refractivity contribution is 0.189. The summed E-state index contributed by atoms with van der Waals surface area (Å²) < 4.78 is 28.6. The third kappa shape index (κ3) is 2.96. The molecule has 4 rings (SSSR count). The molecule has 0 unspecified atom stereocenters. The van der Waals surface area contributed by atoms with Crippen molar-refractivity contribution in [2.24, 2.45) is 0 Å². The van der Waals surface area contributed by atoms with E-state index >= 15 is 0 Å².